The molecule has 9 heteroatoms. The van der Waals surface area contributed by atoms with Gasteiger partial charge < -0.3 is 5.73 Å². The van der Waals surface area contributed by atoms with Crippen LogP contribution in [-0.2, 0) is 10.0 Å². The third-order valence-corrected chi connectivity index (χ3v) is 3.26. The zero-order valence-electron chi connectivity index (χ0n) is 8.21. The molecule has 94 valence electrons. The van der Waals surface area contributed by atoms with E-state index < -0.39 is 38.9 Å². The van der Waals surface area contributed by atoms with Crippen LogP contribution in [0.3, 0.4) is 0 Å². The molecule has 0 aliphatic heterocycles. The number of nitrogens with one attached hydrogen (secondary N) is 1. The Morgan fingerprint density at radius 1 is 1.29 bits per heavy atom. The molecule has 4 nitrogen and oxygen atoms in total. The van der Waals surface area contributed by atoms with Crippen LogP contribution >= 0.6 is 12.2 Å². The van der Waals surface area contributed by atoms with Crippen molar-refractivity contribution in [2.24, 2.45) is 5.73 Å². The van der Waals surface area contributed by atoms with Gasteiger partial charge in [-0.05, 0) is 0 Å². The van der Waals surface area contributed by atoms with Gasteiger partial charge in [-0.15, -0.1) is 0 Å². The lowest BCUT2D eigenvalue weighted by Gasteiger charge is -2.07. The fourth-order valence-corrected chi connectivity index (χ4v) is 2.31. The van der Waals surface area contributed by atoms with E-state index in [4.69, 9.17) is 5.73 Å². The first-order chi connectivity index (χ1) is 7.74. The van der Waals surface area contributed by atoms with Crippen molar-refractivity contribution in [3.8, 4) is 0 Å². The number of hydrogen-bond acceptors (Lipinski definition) is 3. The molecule has 17 heavy (non-hydrogen) atoms. The highest BCUT2D eigenvalue weighted by atomic mass is 32.2. The van der Waals surface area contributed by atoms with E-state index in [0.717, 1.165) is 0 Å². The fraction of sp³-hybridized carbons (Fsp3) is 0.125. The van der Waals surface area contributed by atoms with E-state index >= 15 is 0 Å². The minimum atomic E-state index is -4.47. The van der Waals surface area contributed by atoms with Crippen LogP contribution in [0, 0.1) is 17.5 Å². The molecule has 3 N–H and O–H groups in total. The van der Waals surface area contributed by atoms with Gasteiger partial charge in [0, 0.05) is 12.1 Å². The molecule has 0 fully saturated rings. The zero-order valence-corrected chi connectivity index (χ0v) is 9.84. The molecule has 0 bridgehead atoms. The van der Waals surface area contributed by atoms with E-state index in [-0.39, 0.29) is 17.1 Å². The van der Waals surface area contributed by atoms with E-state index in [1.54, 1.807) is 4.72 Å². The second kappa shape index (κ2) is 4.98. The highest BCUT2D eigenvalue weighted by Gasteiger charge is 2.24. The van der Waals surface area contributed by atoms with Crippen LogP contribution in [0.5, 0.6) is 0 Å². The Balaban J connectivity index is 3.20. The van der Waals surface area contributed by atoms with Gasteiger partial charge in [-0.1, -0.05) is 12.2 Å². The Bertz CT molecular complexity index is 537. The quantitative estimate of drug-likeness (QED) is 0.797. The van der Waals surface area contributed by atoms with E-state index in [0.29, 0.717) is 0 Å². The van der Waals surface area contributed by atoms with Crippen molar-refractivity contribution in [3.05, 3.63) is 29.6 Å². The summed E-state index contributed by atoms with van der Waals surface area (Å²) in [6.45, 7) is -0.450. The zero-order chi connectivity index (χ0) is 13.2. The molecule has 1 rings (SSSR count). The summed E-state index contributed by atoms with van der Waals surface area (Å²) in [5, 5.41) is 0. The third kappa shape index (κ3) is 3.38. The minimum Gasteiger partial charge on any atom is -0.392 e. The lowest BCUT2D eigenvalue weighted by Crippen LogP contribution is -2.33. The maximum absolute atomic E-state index is 13.2. The number of thiocarbonyl (C=S) groups is 1. The first kappa shape index (κ1) is 13.9. The summed E-state index contributed by atoms with van der Waals surface area (Å²) in [4.78, 5) is -1.47. The van der Waals surface area contributed by atoms with Gasteiger partial charge in [0.2, 0.25) is 10.0 Å². The molecule has 0 aliphatic carbocycles. The van der Waals surface area contributed by atoms with Crippen LogP contribution in [0.1, 0.15) is 0 Å². The highest BCUT2D eigenvalue weighted by Crippen LogP contribution is 2.19. The van der Waals surface area contributed by atoms with Crippen LogP contribution < -0.4 is 10.5 Å². The van der Waals surface area contributed by atoms with Crippen LogP contribution in [0.15, 0.2) is 17.0 Å². The van der Waals surface area contributed by atoms with E-state index in [2.05, 4.69) is 12.2 Å². The first-order valence-corrected chi connectivity index (χ1v) is 6.05. The van der Waals surface area contributed by atoms with Gasteiger partial charge in [0.05, 0.1) is 11.5 Å². The number of nitrogens with two attached hydrogens (primary N) is 1. The summed E-state index contributed by atoms with van der Waals surface area (Å²) in [5.74, 6) is -4.27. The molecular formula is C8H7F3N2O2S2. The second-order valence-corrected chi connectivity index (χ2v) is 5.22. The molecule has 1 aromatic carbocycles. The normalized spacial score (nSPS) is 11.5. The largest absolute Gasteiger partial charge is 0.392 e. The van der Waals surface area contributed by atoms with Crippen molar-refractivity contribution in [2.45, 2.75) is 4.90 Å². The SMILES string of the molecule is NC(=S)CNS(=O)(=O)c1c(F)cc(F)cc1F. The van der Waals surface area contributed by atoms with Crippen LogP contribution in [0.25, 0.3) is 0 Å². The minimum absolute atomic E-state index is 0.198. The summed E-state index contributed by atoms with van der Waals surface area (Å²) in [6.07, 6.45) is 0. The average molecular weight is 284 g/mol. The summed E-state index contributed by atoms with van der Waals surface area (Å²) in [5.41, 5.74) is 5.03. The fourth-order valence-electron chi connectivity index (χ4n) is 1.02. The van der Waals surface area contributed by atoms with Gasteiger partial charge in [-0.2, -0.15) is 0 Å². The lowest BCUT2D eigenvalue weighted by molar-refractivity contribution is 0.495. The van der Waals surface area contributed by atoms with Gasteiger partial charge in [-0.25, -0.2) is 26.3 Å². The second-order valence-electron chi connectivity index (χ2n) is 2.99. The molecule has 0 heterocycles. The summed E-state index contributed by atoms with van der Waals surface area (Å²) in [7, 11) is -4.47. The summed E-state index contributed by atoms with van der Waals surface area (Å²) >= 11 is 4.40. The number of hydrogen-bond donors (Lipinski definition) is 2. The molecule has 0 saturated carbocycles. The number of halogens is 3. The Labute approximate surface area is 101 Å². The molecule has 0 saturated heterocycles. The Kier molecular flexibility index (Phi) is 4.07. The monoisotopic (exact) mass is 284 g/mol. The van der Waals surface area contributed by atoms with Gasteiger partial charge >= 0.3 is 0 Å². The Hall–Kier alpha value is -1.19. The molecule has 0 unspecified atom stereocenters. The predicted molar refractivity (Wildman–Crippen MR) is 58.3 cm³/mol. The van der Waals surface area contributed by atoms with E-state index in [9.17, 15) is 21.6 Å². The molecule has 0 atom stereocenters. The molecule has 0 amide bonds. The van der Waals surface area contributed by atoms with Crippen molar-refractivity contribution >= 4 is 27.2 Å². The number of rotatable bonds is 4. The van der Waals surface area contributed by atoms with E-state index in [1.165, 1.54) is 0 Å². The summed E-state index contributed by atoms with van der Waals surface area (Å²) < 4.78 is 63.6. The van der Waals surface area contributed by atoms with Crippen LogP contribution in [0.4, 0.5) is 13.2 Å². The van der Waals surface area contributed by atoms with Gasteiger partial charge in [-0.3, -0.25) is 0 Å². The smallest absolute Gasteiger partial charge is 0.246 e. The Morgan fingerprint density at radius 2 is 1.76 bits per heavy atom. The summed E-state index contributed by atoms with van der Waals surface area (Å²) in [6, 6.07) is 0.525. The van der Waals surface area contributed by atoms with Crippen molar-refractivity contribution in [1.29, 1.82) is 0 Å². The molecule has 0 spiro atoms. The van der Waals surface area contributed by atoms with Crippen molar-refractivity contribution in [3.63, 3.8) is 0 Å². The average Bonchev–Trinajstić information content (AvgIpc) is 2.12. The Morgan fingerprint density at radius 3 is 2.18 bits per heavy atom. The lowest BCUT2D eigenvalue weighted by atomic mass is 10.3. The van der Waals surface area contributed by atoms with Crippen molar-refractivity contribution in [1.82, 2.24) is 4.72 Å². The van der Waals surface area contributed by atoms with Gasteiger partial charge in [0.15, 0.2) is 4.90 Å². The number of benzene rings is 1. The van der Waals surface area contributed by atoms with E-state index in [1.807, 2.05) is 0 Å². The molecule has 0 aliphatic rings. The third-order valence-electron chi connectivity index (χ3n) is 1.67. The molecule has 1 aromatic rings. The molecule has 0 aromatic heterocycles. The molecule has 0 radical (unpaired) electrons. The van der Waals surface area contributed by atoms with Crippen LogP contribution in [-0.4, -0.2) is 20.0 Å². The maximum atomic E-state index is 13.2. The molecular weight excluding hydrogens is 277 g/mol. The van der Waals surface area contributed by atoms with Crippen molar-refractivity contribution in [2.75, 3.05) is 6.54 Å². The van der Waals surface area contributed by atoms with Crippen molar-refractivity contribution < 1.29 is 21.6 Å². The standard InChI is InChI=1S/C8H7F3N2O2S2/c9-4-1-5(10)8(6(11)2-4)17(14,15)13-3-7(12)16/h1-2,13H,3H2,(H2,12,16). The van der Waals surface area contributed by atoms with Gasteiger partial charge in [0.1, 0.15) is 17.5 Å². The number of sulfonamides is 1. The van der Waals surface area contributed by atoms with Crippen LogP contribution in [0.2, 0.25) is 0 Å². The first-order valence-electron chi connectivity index (χ1n) is 4.16. The highest BCUT2D eigenvalue weighted by molar-refractivity contribution is 7.89. The van der Waals surface area contributed by atoms with Gasteiger partial charge in [0.25, 0.3) is 0 Å². The topological polar surface area (TPSA) is 72.2 Å². The maximum Gasteiger partial charge on any atom is 0.246 e. The predicted octanol–water partition coefficient (Wildman–Crippen LogP) is 0.668.